The average Bonchev–Trinajstić information content (AvgIpc) is 3.59. The Morgan fingerprint density at radius 2 is 1.68 bits per heavy atom. The van der Waals surface area contributed by atoms with E-state index in [2.05, 4.69) is 53.3 Å². The summed E-state index contributed by atoms with van der Waals surface area (Å²) in [7, 11) is 0. The molecule has 2 amide bonds. The zero-order chi connectivity index (χ0) is 27.1. The minimum Gasteiger partial charge on any atom is -0.486 e. The molecule has 0 aliphatic carbocycles. The van der Waals surface area contributed by atoms with Crippen LogP contribution in [0.15, 0.2) is 97.2 Å². The molecule has 2 aliphatic heterocycles. The van der Waals surface area contributed by atoms with E-state index in [1.54, 1.807) is 0 Å². The third kappa shape index (κ3) is 4.09. The van der Waals surface area contributed by atoms with Crippen molar-refractivity contribution in [2.75, 3.05) is 18.5 Å². The summed E-state index contributed by atoms with van der Waals surface area (Å²) < 4.78 is 15.6. The van der Waals surface area contributed by atoms with Gasteiger partial charge in [0.25, 0.3) is 0 Å². The van der Waals surface area contributed by atoms with Crippen molar-refractivity contribution >= 4 is 11.7 Å². The van der Waals surface area contributed by atoms with Gasteiger partial charge in [0.15, 0.2) is 11.5 Å². The van der Waals surface area contributed by atoms with Gasteiger partial charge in [0, 0.05) is 23.5 Å². The first-order valence-corrected chi connectivity index (χ1v) is 13.6. The van der Waals surface area contributed by atoms with Gasteiger partial charge in [-0.15, -0.1) is 0 Å². The van der Waals surface area contributed by atoms with Crippen molar-refractivity contribution in [1.29, 1.82) is 0 Å². The van der Waals surface area contributed by atoms with Crippen LogP contribution < -0.4 is 14.8 Å². The SMILES string of the molecule is CCc1nn(-c2ccccc2)c2c1CN(C(=O)Nc1ccc3c(c1)OCCO3)C(c1ccccc1)c1cccn1-2. The van der Waals surface area contributed by atoms with Gasteiger partial charge < -0.3 is 24.3 Å². The first-order chi connectivity index (χ1) is 19.7. The van der Waals surface area contributed by atoms with Crippen LogP contribution >= 0.6 is 0 Å². The first kappa shape index (κ1) is 24.1. The third-order valence-electron chi connectivity index (χ3n) is 7.47. The van der Waals surface area contributed by atoms with E-state index in [1.807, 2.05) is 70.2 Å². The lowest BCUT2D eigenvalue weighted by Gasteiger charge is -2.31. The fourth-order valence-corrected chi connectivity index (χ4v) is 5.65. The molecule has 3 aromatic carbocycles. The fourth-order valence-electron chi connectivity index (χ4n) is 5.65. The first-order valence-electron chi connectivity index (χ1n) is 13.6. The highest BCUT2D eigenvalue weighted by Crippen LogP contribution is 2.39. The zero-order valence-electron chi connectivity index (χ0n) is 22.2. The maximum Gasteiger partial charge on any atom is 0.322 e. The molecule has 8 nitrogen and oxygen atoms in total. The van der Waals surface area contributed by atoms with Crippen LogP contribution in [-0.4, -0.2) is 38.5 Å². The second-order valence-electron chi connectivity index (χ2n) is 9.88. The van der Waals surface area contributed by atoms with Crippen LogP contribution in [-0.2, 0) is 13.0 Å². The Hall–Kier alpha value is -4.98. The highest BCUT2D eigenvalue weighted by Gasteiger charge is 2.36. The van der Waals surface area contributed by atoms with E-state index in [4.69, 9.17) is 14.6 Å². The molecule has 0 spiro atoms. The predicted molar refractivity (Wildman–Crippen MR) is 153 cm³/mol. The molecule has 8 heteroatoms. The molecule has 0 bridgehead atoms. The van der Waals surface area contributed by atoms with Crippen molar-refractivity contribution in [2.24, 2.45) is 0 Å². The van der Waals surface area contributed by atoms with Gasteiger partial charge >= 0.3 is 6.03 Å². The number of rotatable bonds is 4. The number of nitrogens with one attached hydrogen (secondary N) is 1. The topological polar surface area (TPSA) is 73.6 Å². The molecule has 7 rings (SSSR count). The number of benzene rings is 3. The van der Waals surface area contributed by atoms with Crippen molar-refractivity contribution in [2.45, 2.75) is 25.9 Å². The summed E-state index contributed by atoms with van der Waals surface area (Å²) >= 11 is 0. The lowest BCUT2D eigenvalue weighted by Crippen LogP contribution is -2.38. The van der Waals surface area contributed by atoms with Gasteiger partial charge in [-0.3, -0.25) is 0 Å². The summed E-state index contributed by atoms with van der Waals surface area (Å²) in [5, 5.41) is 8.17. The Morgan fingerprint density at radius 1 is 0.925 bits per heavy atom. The number of urea groups is 1. The Morgan fingerprint density at radius 3 is 2.45 bits per heavy atom. The van der Waals surface area contributed by atoms with E-state index < -0.39 is 0 Å². The van der Waals surface area contributed by atoms with E-state index in [0.717, 1.165) is 40.4 Å². The second-order valence-corrected chi connectivity index (χ2v) is 9.88. The molecule has 0 saturated carbocycles. The summed E-state index contributed by atoms with van der Waals surface area (Å²) in [6.07, 6.45) is 2.80. The number of hydrogen-bond donors (Lipinski definition) is 1. The van der Waals surface area contributed by atoms with Crippen LogP contribution in [0.2, 0.25) is 0 Å². The number of aromatic nitrogens is 3. The third-order valence-corrected chi connectivity index (χ3v) is 7.47. The van der Waals surface area contributed by atoms with Gasteiger partial charge in [0.05, 0.1) is 29.7 Å². The van der Waals surface area contributed by atoms with Crippen LogP contribution in [0.3, 0.4) is 0 Å². The molecule has 1 unspecified atom stereocenters. The highest BCUT2D eigenvalue weighted by molar-refractivity contribution is 5.90. The molecule has 1 atom stereocenters. The van der Waals surface area contributed by atoms with E-state index >= 15 is 0 Å². The van der Waals surface area contributed by atoms with Crippen molar-refractivity contribution in [3.05, 3.63) is 120 Å². The van der Waals surface area contributed by atoms with E-state index in [1.165, 1.54) is 0 Å². The summed E-state index contributed by atoms with van der Waals surface area (Å²) in [5.74, 6) is 2.27. The molecule has 1 N–H and O–H groups in total. The standard InChI is InChI=1S/C32H29N5O3/c1-2-26-25-21-36(32(38)33-23-15-16-28-29(20-23)40-19-18-39-28)30(22-10-5-3-6-11-22)27-14-9-17-35(27)31(25)37(34-26)24-12-7-4-8-13-24/h3-17,20,30H,2,18-19,21H2,1H3,(H,33,38). The van der Waals surface area contributed by atoms with Crippen molar-refractivity contribution < 1.29 is 14.3 Å². The Bertz CT molecular complexity index is 1680. The maximum absolute atomic E-state index is 14.2. The monoisotopic (exact) mass is 531 g/mol. The number of aryl methyl sites for hydroxylation is 1. The van der Waals surface area contributed by atoms with Gasteiger partial charge in [0.2, 0.25) is 0 Å². The number of para-hydroxylation sites is 1. The van der Waals surface area contributed by atoms with E-state index in [-0.39, 0.29) is 12.1 Å². The summed E-state index contributed by atoms with van der Waals surface area (Å²) in [6, 6.07) is 29.4. The molecular weight excluding hydrogens is 502 g/mol. The van der Waals surface area contributed by atoms with Crippen LogP contribution in [0.25, 0.3) is 11.5 Å². The van der Waals surface area contributed by atoms with Crippen molar-refractivity contribution in [3.63, 3.8) is 0 Å². The van der Waals surface area contributed by atoms with Crippen molar-refractivity contribution in [1.82, 2.24) is 19.2 Å². The molecule has 2 aliphatic rings. The Kier molecular flexibility index (Phi) is 6.00. The van der Waals surface area contributed by atoms with Gasteiger partial charge in [-0.1, -0.05) is 55.5 Å². The summed E-state index contributed by atoms with van der Waals surface area (Å²) in [5.41, 5.74) is 5.63. The number of amides is 2. The number of ether oxygens (including phenoxy) is 2. The molecule has 4 heterocycles. The van der Waals surface area contributed by atoms with Gasteiger partial charge in [-0.25, -0.2) is 9.48 Å². The van der Waals surface area contributed by atoms with Crippen LogP contribution in [0, 0.1) is 0 Å². The second kappa shape index (κ2) is 9.96. The summed E-state index contributed by atoms with van der Waals surface area (Å²) in [6.45, 7) is 3.50. The number of hydrogen-bond acceptors (Lipinski definition) is 4. The number of anilines is 1. The molecule has 0 fully saturated rings. The van der Waals surface area contributed by atoms with Crippen LogP contribution in [0.5, 0.6) is 11.5 Å². The molecule has 5 aromatic rings. The molecular formula is C32H29N5O3. The zero-order valence-corrected chi connectivity index (χ0v) is 22.2. The minimum atomic E-state index is -0.324. The van der Waals surface area contributed by atoms with Gasteiger partial charge in [-0.2, -0.15) is 5.10 Å². The number of fused-ring (bicyclic) bond motifs is 4. The molecule has 0 radical (unpaired) electrons. The smallest absolute Gasteiger partial charge is 0.322 e. The van der Waals surface area contributed by atoms with Crippen LogP contribution in [0.1, 0.15) is 35.5 Å². The van der Waals surface area contributed by atoms with E-state index in [0.29, 0.717) is 36.9 Å². The van der Waals surface area contributed by atoms with E-state index in [9.17, 15) is 4.79 Å². The van der Waals surface area contributed by atoms with Gasteiger partial charge in [-0.05, 0) is 48.4 Å². The predicted octanol–water partition coefficient (Wildman–Crippen LogP) is 6.13. The number of carbonyl (C=O) groups excluding carboxylic acids is 1. The highest BCUT2D eigenvalue weighted by atomic mass is 16.6. The molecule has 200 valence electrons. The normalized spacial score (nSPS) is 15.6. The van der Waals surface area contributed by atoms with Gasteiger partial charge in [0.1, 0.15) is 19.0 Å². The largest absolute Gasteiger partial charge is 0.486 e. The lowest BCUT2D eigenvalue weighted by atomic mass is 10.0. The van der Waals surface area contributed by atoms with Crippen LogP contribution in [0.4, 0.5) is 10.5 Å². The molecule has 0 saturated heterocycles. The minimum absolute atomic E-state index is 0.208. The quantitative estimate of drug-likeness (QED) is 0.303. The molecule has 2 aromatic heterocycles. The Labute approximate surface area is 232 Å². The molecule has 40 heavy (non-hydrogen) atoms. The Balaban J connectivity index is 1.37. The number of carbonyl (C=O) groups is 1. The number of nitrogens with zero attached hydrogens (tertiary/aromatic N) is 4. The van der Waals surface area contributed by atoms with Crippen molar-refractivity contribution in [3.8, 4) is 23.0 Å². The summed E-state index contributed by atoms with van der Waals surface area (Å²) in [4.78, 5) is 16.1. The fraction of sp³-hybridized carbons (Fsp3) is 0.188. The average molecular weight is 532 g/mol. The maximum atomic E-state index is 14.2. The lowest BCUT2D eigenvalue weighted by molar-refractivity contribution is 0.171.